The SMILES string of the molecule is CCc1nn(CC)cc1Cc1cn(C)nc1Br. The number of hydrogen-bond donors (Lipinski definition) is 0. The van der Waals surface area contributed by atoms with Gasteiger partial charge in [0.15, 0.2) is 0 Å². The van der Waals surface area contributed by atoms with E-state index in [2.05, 4.69) is 46.2 Å². The predicted molar refractivity (Wildman–Crippen MR) is 71.0 cm³/mol. The number of aromatic nitrogens is 4. The lowest BCUT2D eigenvalue weighted by atomic mass is 10.1. The van der Waals surface area contributed by atoms with E-state index in [0.717, 1.165) is 24.0 Å². The first-order valence-electron chi connectivity index (χ1n) is 5.87. The number of rotatable bonds is 4. The summed E-state index contributed by atoms with van der Waals surface area (Å²) in [5, 5.41) is 8.85. The molecule has 5 heteroatoms. The monoisotopic (exact) mass is 296 g/mol. The summed E-state index contributed by atoms with van der Waals surface area (Å²) in [6.07, 6.45) is 6.04. The van der Waals surface area contributed by atoms with Gasteiger partial charge in [0.05, 0.1) is 5.69 Å². The molecule has 2 heterocycles. The highest BCUT2D eigenvalue weighted by Crippen LogP contribution is 2.20. The van der Waals surface area contributed by atoms with Crippen LogP contribution in [0.4, 0.5) is 0 Å². The van der Waals surface area contributed by atoms with Crippen molar-refractivity contribution in [2.24, 2.45) is 7.05 Å². The molecule has 2 rings (SSSR count). The molecule has 0 aliphatic rings. The molecule has 0 aliphatic heterocycles. The summed E-state index contributed by atoms with van der Waals surface area (Å²) in [6, 6.07) is 0. The molecule has 0 bridgehead atoms. The van der Waals surface area contributed by atoms with E-state index in [0.29, 0.717) is 0 Å². The first-order valence-corrected chi connectivity index (χ1v) is 6.66. The fraction of sp³-hybridized carbons (Fsp3) is 0.500. The zero-order valence-corrected chi connectivity index (χ0v) is 12.0. The molecular weight excluding hydrogens is 280 g/mol. The van der Waals surface area contributed by atoms with Gasteiger partial charge >= 0.3 is 0 Å². The molecule has 17 heavy (non-hydrogen) atoms. The Bertz CT molecular complexity index is 513. The Morgan fingerprint density at radius 3 is 2.47 bits per heavy atom. The summed E-state index contributed by atoms with van der Waals surface area (Å²) in [6.45, 7) is 5.17. The van der Waals surface area contributed by atoms with E-state index in [1.54, 1.807) is 0 Å². The number of halogens is 1. The highest BCUT2D eigenvalue weighted by molar-refractivity contribution is 9.10. The van der Waals surface area contributed by atoms with Gasteiger partial charge in [-0.05, 0) is 34.8 Å². The van der Waals surface area contributed by atoms with Crippen molar-refractivity contribution >= 4 is 15.9 Å². The van der Waals surface area contributed by atoms with E-state index in [1.807, 2.05) is 22.6 Å². The largest absolute Gasteiger partial charge is 0.274 e. The van der Waals surface area contributed by atoms with Crippen LogP contribution >= 0.6 is 15.9 Å². The van der Waals surface area contributed by atoms with Crippen molar-refractivity contribution in [3.8, 4) is 0 Å². The van der Waals surface area contributed by atoms with Crippen LogP contribution in [0.5, 0.6) is 0 Å². The maximum atomic E-state index is 4.55. The molecule has 4 nitrogen and oxygen atoms in total. The average Bonchev–Trinajstić information content (AvgIpc) is 2.83. The molecule has 0 fully saturated rings. The van der Waals surface area contributed by atoms with Gasteiger partial charge in [0.1, 0.15) is 4.60 Å². The van der Waals surface area contributed by atoms with Crippen molar-refractivity contribution in [2.75, 3.05) is 0 Å². The fourth-order valence-electron chi connectivity index (χ4n) is 1.94. The highest BCUT2D eigenvalue weighted by Gasteiger charge is 2.11. The molecule has 2 aromatic rings. The second kappa shape index (κ2) is 5.04. The maximum absolute atomic E-state index is 4.55. The fourth-order valence-corrected chi connectivity index (χ4v) is 2.44. The molecule has 0 aromatic carbocycles. The van der Waals surface area contributed by atoms with Gasteiger partial charge < -0.3 is 0 Å². The first-order chi connectivity index (χ1) is 8.13. The Hall–Kier alpha value is -1.10. The Balaban J connectivity index is 2.28. The average molecular weight is 297 g/mol. The van der Waals surface area contributed by atoms with Crippen LogP contribution in [0.15, 0.2) is 17.0 Å². The maximum Gasteiger partial charge on any atom is 0.131 e. The van der Waals surface area contributed by atoms with Gasteiger partial charge in [-0.1, -0.05) is 6.92 Å². The normalized spacial score (nSPS) is 11.1. The molecule has 92 valence electrons. The van der Waals surface area contributed by atoms with Gasteiger partial charge in [-0.15, -0.1) is 0 Å². The Morgan fingerprint density at radius 1 is 1.18 bits per heavy atom. The van der Waals surface area contributed by atoms with Gasteiger partial charge in [0.2, 0.25) is 0 Å². The molecule has 0 spiro atoms. The van der Waals surface area contributed by atoms with Crippen molar-refractivity contribution in [3.05, 3.63) is 33.8 Å². The lowest BCUT2D eigenvalue weighted by Gasteiger charge is -1.97. The van der Waals surface area contributed by atoms with Crippen molar-refractivity contribution in [2.45, 2.75) is 33.2 Å². The minimum Gasteiger partial charge on any atom is -0.274 e. The van der Waals surface area contributed by atoms with E-state index in [9.17, 15) is 0 Å². The van der Waals surface area contributed by atoms with Crippen LogP contribution in [0.1, 0.15) is 30.7 Å². The Labute approximate surface area is 110 Å². The van der Waals surface area contributed by atoms with Gasteiger partial charge in [0.25, 0.3) is 0 Å². The zero-order valence-electron chi connectivity index (χ0n) is 10.4. The van der Waals surface area contributed by atoms with Crippen LogP contribution in [0.25, 0.3) is 0 Å². The first kappa shape index (κ1) is 12.4. The van der Waals surface area contributed by atoms with Crippen LogP contribution in [0.3, 0.4) is 0 Å². The Kier molecular flexibility index (Phi) is 3.66. The highest BCUT2D eigenvalue weighted by atomic mass is 79.9. The molecule has 0 aliphatic carbocycles. The summed E-state index contributed by atoms with van der Waals surface area (Å²) in [7, 11) is 1.93. The predicted octanol–water partition coefficient (Wildman–Crippen LogP) is 2.55. The van der Waals surface area contributed by atoms with Crippen molar-refractivity contribution in [3.63, 3.8) is 0 Å². The zero-order chi connectivity index (χ0) is 12.4. The third-order valence-corrected chi connectivity index (χ3v) is 3.49. The van der Waals surface area contributed by atoms with E-state index >= 15 is 0 Å². The van der Waals surface area contributed by atoms with Gasteiger partial charge in [0, 0.05) is 38.0 Å². The lowest BCUT2D eigenvalue weighted by Crippen LogP contribution is -1.94. The smallest absolute Gasteiger partial charge is 0.131 e. The molecule has 0 amide bonds. The quantitative estimate of drug-likeness (QED) is 0.869. The summed E-state index contributed by atoms with van der Waals surface area (Å²) >= 11 is 3.49. The molecule has 2 aromatic heterocycles. The van der Waals surface area contributed by atoms with Crippen LogP contribution in [0.2, 0.25) is 0 Å². The molecule has 0 saturated heterocycles. The van der Waals surface area contributed by atoms with Crippen molar-refractivity contribution in [1.29, 1.82) is 0 Å². The van der Waals surface area contributed by atoms with E-state index < -0.39 is 0 Å². The summed E-state index contributed by atoms with van der Waals surface area (Å²) in [4.78, 5) is 0. The van der Waals surface area contributed by atoms with E-state index in [4.69, 9.17) is 0 Å². The van der Waals surface area contributed by atoms with E-state index in [-0.39, 0.29) is 0 Å². The van der Waals surface area contributed by atoms with E-state index in [1.165, 1.54) is 16.8 Å². The number of nitrogens with zero attached hydrogens (tertiary/aromatic N) is 4. The van der Waals surface area contributed by atoms with Gasteiger partial charge in [-0.25, -0.2) is 0 Å². The van der Waals surface area contributed by atoms with Crippen molar-refractivity contribution < 1.29 is 0 Å². The molecule has 0 N–H and O–H groups in total. The summed E-state index contributed by atoms with van der Waals surface area (Å²) in [5.41, 5.74) is 3.68. The molecule has 0 unspecified atom stereocenters. The second-order valence-electron chi connectivity index (χ2n) is 4.11. The minimum atomic E-state index is 0.887. The van der Waals surface area contributed by atoms with Gasteiger partial charge in [-0.3, -0.25) is 9.36 Å². The number of hydrogen-bond acceptors (Lipinski definition) is 2. The lowest BCUT2D eigenvalue weighted by molar-refractivity contribution is 0.648. The number of aryl methyl sites for hydroxylation is 3. The molecule has 0 atom stereocenters. The topological polar surface area (TPSA) is 35.6 Å². The second-order valence-corrected chi connectivity index (χ2v) is 4.86. The summed E-state index contributed by atoms with van der Waals surface area (Å²) < 4.78 is 4.75. The van der Waals surface area contributed by atoms with Crippen LogP contribution < -0.4 is 0 Å². The van der Waals surface area contributed by atoms with Crippen LogP contribution in [-0.4, -0.2) is 19.6 Å². The molecule has 0 radical (unpaired) electrons. The van der Waals surface area contributed by atoms with Gasteiger partial charge in [-0.2, -0.15) is 10.2 Å². The summed E-state index contributed by atoms with van der Waals surface area (Å²) in [5.74, 6) is 0. The third-order valence-electron chi connectivity index (χ3n) is 2.82. The third kappa shape index (κ3) is 2.60. The molecule has 0 saturated carbocycles. The molecular formula is C12H17BrN4. The van der Waals surface area contributed by atoms with Crippen LogP contribution in [-0.2, 0) is 26.4 Å². The Morgan fingerprint density at radius 2 is 1.94 bits per heavy atom. The van der Waals surface area contributed by atoms with Crippen molar-refractivity contribution in [1.82, 2.24) is 19.6 Å². The van der Waals surface area contributed by atoms with Crippen LogP contribution in [0, 0.1) is 0 Å². The minimum absolute atomic E-state index is 0.887. The standard InChI is InChI=1S/C12H17BrN4/c1-4-11-9(8-17(5-2)14-11)6-10-7-16(3)15-12(10)13/h7-8H,4-6H2,1-3H3.